The average molecular weight is 251 g/mol. The van der Waals surface area contributed by atoms with Gasteiger partial charge in [-0.25, -0.2) is 0 Å². The summed E-state index contributed by atoms with van der Waals surface area (Å²) in [6.45, 7) is 6.71. The summed E-state index contributed by atoms with van der Waals surface area (Å²) >= 11 is 0. The standard InChI is InChI=1S/C12H21N5O/c1-4-17(9-5-6-14-7-9)12-10(11(13)18)8(2)15-16(12)3/h9,14H,4-7H2,1-3H3,(H2,13,18). The van der Waals surface area contributed by atoms with Gasteiger partial charge in [0, 0.05) is 26.2 Å². The minimum absolute atomic E-state index is 0.403. The number of hydrogen-bond acceptors (Lipinski definition) is 4. The smallest absolute Gasteiger partial charge is 0.254 e. The first kappa shape index (κ1) is 12.9. The lowest BCUT2D eigenvalue weighted by Crippen LogP contribution is -2.39. The number of likely N-dealkylation sites (N-methyl/N-ethyl adjacent to an activating group) is 1. The van der Waals surface area contributed by atoms with Crippen LogP contribution in [0, 0.1) is 6.92 Å². The highest BCUT2D eigenvalue weighted by molar-refractivity contribution is 5.99. The molecule has 0 saturated carbocycles. The number of primary amides is 1. The molecule has 1 atom stereocenters. The van der Waals surface area contributed by atoms with Gasteiger partial charge in [0.2, 0.25) is 0 Å². The molecule has 1 saturated heterocycles. The Balaban J connectivity index is 2.43. The second-order valence-electron chi connectivity index (χ2n) is 4.70. The molecule has 100 valence electrons. The van der Waals surface area contributed by atoms with Gasteiger partial charge in [0.25, 0.3) is 5.91 Å². The number of amides is 1. The van der Waals surface area contributed by atoms with E-state index in [9.17, 15) is 4.79 Å². The monoisotopic (exact) mass is 251 g/mol. The molecule has 3 N–H and O–H groups in total. The topological polar surface area (TPSA) is 76.2 Å². The van der Waals surface area contributed by atoms with E-state index >= 15 is 0 Å². The van der Waals surface area contributed by atoms with E-state index in [1.165, 1.54) is 0 Å². The Hall–Kier alpha value is -1.56. The van der Waals surface area contributed by atoms with Gasteiger partial charge in [-0.1, -0.05) is 0 Å². The fourth-order valence-corrected chi connectivity index (χ4v) is 2.75. The van der Waals surface area contributed by atoms with Crippen LogP contribution in [-0.4, -0.2) is 41.4 Å². The van der Waals surface area contributed by atoms with E-state index < -0.39 is 5.91 Å². The van der Waals surface area contributed by atoms with E-state index in [2.05, 4.69) is 22.2 Å². The summed E-state index contributed by atoms with van der Waals surface area (Å²) in [6, 6.07) is 0.405. The Morgan fingerprint density at radius 1 is 1.67 bits per heavy atom. The fourth-order valence-electron chi connectivity index (χ4n) is 2.75. The molecule has 0 aromatic carbocycles. The summed E-state index contributed by atoms with van der Waals surface area (Å²) in [5.41, 5.74) is 6.73. The number of hydrogen-bond donors (Lipinski definition) is 2. The summed E-state index contributed by atoms with van der Waals surface area (Å²) in [6.07, 6.45) is 1.08. The van der Waals surface area contributed by atoms with Crippen LogP contribution >= 0.6 is 0 Å². The van der Waals surface area contributed by atoms with Crippen LogP contribution in [0.25, 0.3) is 0 Å². The molecule has 0 spiro atoms. The zero-order valence-electron chi connectivity index (χ0n) is 11.2. The first-order valence-electron chi connectivity index (χ1n) is 6.37. The molecule has 2 heterocycles. The summed E-state index contributed by atoms with van der Waals surface area (Å²) in [5, 5.41) is 7.67. The van der Waals surface area contributed by atoms with Gasteiger partial charge < -0.3 is 16.0 Å². The summed E-state index contributed by atoms with van der Waals surface area (Å²) in [7, 11) is 1.86. The molecule has 6 heteroatoms. The third-order valence-electron chi connectivity index (χ3n) is 3.53. The summed E-state index contributed by atoms with van der Waals surface area (Å²) in [5.74, 6) is 0.441. The Kier molecular flexibility index (Phi) is 3.56. The second-order valence-corrected chi connectivity index (χ2v) is 4.70. The molecule has 6 nitrogen and oxygen atoms in total. The highest BCUT2D eigenvalue weighted by Crippen LogP contribution is 2.26. The highest BCUT2D eigenvalue weighted by atomic mass is 16.1. The molecule has 18 heavy (non-hydrogen) atoms. The molecule has 0 aliphatic carbocycles. The minimum Gasteiger partial charge on any atom is -0.365 e. The lowest BCUT2D eigenvalue weighted by Gasteiger charge is -2.29. The van der Waals surface area contributed by atoms with Crippen molar-refractivity contribution in [2.75, 3.05) is 24.5 Å². The average Bonchev–Trinajstić information content (AvgIpc) is 2.89. The van der Waals surface area contributed by atoms with Crippen molar-refractivity contribution in [1.82, 2.24) is 15.1 Å². The van der Waals surface area contributed by atoms with Crippen LogP contribution in [0.3, 0.4) is 0 Å². The quantitative estimate of drug-likeness (QED) is 0.790. The Bertz CT molecular complexity index is 448. The summed E-state index contributed by atoms with van der Waals surface area (Å²) in [4.78, 5) is 13.8. The normalized spacial score (nSPS) is 19.2. The van der Waals surface area contributed by atoms with Gasteiger partial charge in [-0.05, 0) is 26.8 Å². The zero-order valence-corrected chi connectivity index (χ0v) is 11.2. The second kappa shape index (κ2) is 4.97. The molecule has 0 radical (unpaired) electrons. The third kappa shape index (κ3) is 2.08. The third-order valence-corrected chi connectivity index (χ3v) is 3.53. The minimum atomic E-state index is -0.403. The largest absolute Gasteiger partial charge is 0.365 e. The number of rotatable bonds is 4. The van der Waals surface area contributed by atoms with Gasteiger partial charge >= 0.3 is 0 Å². The Morgan fingerprint density at radius 3 is 2.89 bits per heavy atom. The number of carbonyl (C=O) groups excluding carboxylic acids is 1. The van der Waals surface area contributed by atoms with E-state index in [-0.39, 0.29) is 0 Å². The van der Waals surface area contributed by atoms with E-state index in [0.29, 0.717) is 17.3 Å². The van der Waals surface area contributed by atoms with Crippen LogP contribution in [0.5, 0.6) is 0 Å². The van der Waals surface area contributed by atoms with E-state index in [1.807, 2.05) is 14.0 Å². The molecule has 1 aliphatic heterocycles. The van der Waals surface area contributed by atoms with E-state index in [0.717, 1.165) is 31.9 Å². The molecule has 1 fully saturated rings. The maximum Gasteiger partial charge on any atom is 0.254 e. The van der Waals surface area contributed by atoms with Crippen LogP contribution in [0.15, 0.2) is 0 Å². The van der Waals surface area contributed by atoms with E-state index in [1.54, 1.807) is 4.68 Å². The van der Waals surface area contributed by atoms with E-state index in [4.69, 9.17) is 5.73 Å². The number of nitrogens with one attached hydrogen (secondary N) is 1. The van der Waals surface area contributed by atoms with Crippen molar-refractivity contribution in [2.45, 2.75) is 26.3 Å². The predicted molar refractivity (Wildman–Crippen MR) is 70.8 cm³/mol. The van der Waals surface area contributed by atoms with Crippen LogP contribution in [0.1, 0.15) is 29.4 Å². The van der Waals surface area contributed by atoms with Crippen molar-refractivity contribution >= 4 is 11.7 Å². The number of carbonyl (C=O) groups is 1. The zero-order chi connectivity index (χ0) is 13.3. The Morgan fingerprint density at radius 2 is 2.39 bits per heavy atom. The molecule has 2 rings (SSSR count). The maximum absolute atomic E-state index is 11.6. The van der Waals surface area contributed by atoms with Crippen LogP contribution in [0.4, 0.5) is 5.82 Å². The lowest BCUT2D eigenvalue weighted by atomic mass is 10.1. The first-order valence-corrected chi connectivity index (χ1v) is 6.37. The van der Waals surface area contributed by atoms with Crippen molar-refractivity contribution in [3.05, 3.63) is 11.3 Å². The van der Waals surface area contributed by atoms with Crippen molar-refractivity contribution < 1.29 is 4.79 Å². The van der Waals surface area contributed by atoms with Gasteiger partial charge in [0.05, 0.1) is 5.69 Å². The number of aryl methyl sites for hydroxylation is 2. The number of nitrogens with zero attached hydrogens (tertiary/aromatic N) is 3. The molecular weight excluding hydrogens is 230 g/mol. The van der Waals surface area contributed by atoms with Gasteiger partial charge in [-0.2, -0.15) is 5.10 Å². The van der Waals surface area contributed by atoms with Crippen molar-refractivity contribution in [2.24, 2.45) is 12.8 Å². The molecular formula is C12H21N5O. The van der Waals surface area contributed by atoms with Crippen LogP contribution in [0.2, 0.25) is 0 Å². The van der Waals surface area contributed by atoms with Gasteiger partial charge in [-0.15, -0.1) is 0 Å². The summed E-state index contributed by atoms with van der Waals surface area (Å²) < 4.78 is 1.76. The SMILES string of the molecule is CCN(c1c(C(N)=O)c(C)nn1C)C1CCNC1. The number of aromatic nitrogens is 2. The van der Waals surface area contributed by atoms with Gasteiger partial charge in [0.1, 0.15) is 11.4 Å². The molecule has 1 aromatic rings. The maximum atomic E-state index is 11.6. The highest BCUT2D eigenvalue weighted by Gasteiger charge is 2.28. The van der Waals surface area contributed by atoms with Crippen molar-refractivity contribution in [1.29, 1.82) is 0 Å². The number of anilines is 1. The first-order chi connectivity index (χ1) is 8.56. The molecule has 1 aliphatic rings. The van der Waals surface area contributed by atoms with Crippen molar-refractivity contribution in [3.8, 4) is 0 Å². The predicted octanol–water partition coefficient (Wildman–Crippen LogP) is 0.0156. The fraction of sp³-hybridized carbons (Fsp3) is 0.667. The van der Waals surface area contributed by atoms with Crippen molar-refractivity contribution in [3.63, 3.8) is 0 Å². The Labute approximate surface area is 107 Å². The number of nitrogens with two attached hydrogens (primary N) is 1. The lowest BCUT2D eigenvalue weighted by molar-refractivity contribution is 0.1000. The van der Waals surface area contributed by atoms with Gasteiger partial charge in [0.15, 0.2) is 0 Å². The molecule has 1 unspecified atom stereocenters. The van der Waals surface area contributed by atoms with Crippen LogP contribution < -0.4 is 16.0 Å². The van der Waals surface area contributed by atoms with Crippen LogP contribution in [-0.2, 0) is 7.05 Å². The molecule has 1 aromatic heterocycles. The molecule has 1 amide bonds. The molecule has 0 bridgehead atoms. The van der Waals surface area contributed by atoms with Gasteiger partial charge in [-0.3, -0.25) is 9.48 Å².